The Morgan fingerprint density at radius 1 is 0.909 bits per heavy atom. The van der Waals surface area contributed by atoms with Crippen LogP contribution in [0.4, 0.5) is 0 Å². The molecule has 0 fully saturated rings. The molecule has 0 radical (unpaired) electrons. The Kier molecular flexibility index (Phi) is 5.43. The van der Waals surface area contributed by atoms with Gasteiger partial charge in [-0.1, -0.05) is 71.8 Å². The van der Waals surface area contributed by atoms with E-state index in [0.29, 0.717) is 17.7 Å². The van der Waals surface area contributed by atoms with E-state index in [4.69, 9.17) is 11.6 Å². The van der Waals surface area contributed by atoms with Crippen molar-refractivity contribution in [3.05, 3.63) is 106 Å². The third kappa shape index (κ3) is 4.01. The minimum atomic E-state index is -3.91. The molecule has 0 aliphatic carbocycles. The van der Waals surface area contributed by atoms with Gasteiger partial charge in [0, 0.05) is 17.4 Å². The fourth-order valence-electron chi connectivity index (χ4n) is 4.07. The van der Waals surface area contributed by atoms with Crippen LogP contribution in [0, 0.1) is 13.8 Å². The lowest BCUT2D eigenvalue weighted by molar-refractivity contribution is 0.371. The van der Waals surface area contributed by atoms with E-state index >= 15 is 0 Å². The fourth-order valence-corrected chi connectivity index (χ4v) is 5.77. The van der Waals surface area contributed by atoms with Crippen LogP contribution in [0.1, 0.15) is 34.7 Å². The second-order valence-corrected chi connectivity index (χ2v) is 10.4. The first kappa shape index (κ1) is 21.6. The molecule has 4 aromatic rings. The van der Waals surface area contributed by atoms with Crippen LogP contribution in [-0.4, -0.2) is 23.5 Å². The Labute approximate surface area is 198 Å². The van der Waals surface area contributed by atoms with Gasteiger partial charge < -0.3 is 0 Å². The summed E-state index contributed by atoms with van der Waals surface area (Å²) >= 11 is 6.63. The van der Waals surface area contributed by atoms with Crippen molar-refractivity contribution in [2.24, 2.45) is 5.10 Å². The van der Waals surface area contributed by atoms with Gasteiger partial charge in [0.2, 0.25) is 0 Å². The zero-order valence-corrected chi connectivity index (χ0v) is 19.8. The van der Waals surface area contributed by atoms with E-state index < -0.39 is 16.1 Å². The molecule has 0 saturated heterocycles. The first-order valence-corrected chi connectivity index (χ1v) is 12.5. The van der Waals surface area contributed by atoms with E-state index in [9.17, 15) is 8.42 Å². The van der Waals surface area contributed by atoms with E-state index in [1.807, 2.05) is 68.4 Å². The molecule has 5 nitrogen and oxygen atoms in total. The summed E-state index contributed by atoms with van der Waals surface area (Å²) in [6.07, 6.45) is 0.397. The van der Waals surface area contributed by atoms with Crippen molar-refractivity contribution in [2.75, 3.05) is 0 Å². The highest BCUT2D eigenvalue weighted by Crippen LogP contribution is 2.40. The summed E-state index contributed by atoms with van der Waals surface area (Å²) in [7, 11) is -3.91. The highest BCUT2D eigenvalue weighted by atomic mass is 35.5. The molecule has 166 valence electrons. The summed E-state index contributed by atoms with van der Waals surface area (Å²) in [6.45, 7) is 3.92. The number of benzene rings is 3. The normalized spacial score (nSPS) is 16.3. The molecular weight excluding hydrogens is 454 g/mol. The lowest BCUT2D eigenvalue weighted by Crippen LogP contribution is -2.27. The number of hydrazone groups is 1. The van der Waals surface area contributed by atoms with E-state index in [-0.39, 0.29) is 10.0 Å². The number of pyridine rings is 1. The second-order valence-electron chi connectivity index (χ2n) is 8.29. The summed E-state index contributed by atoms with van der Waals surface area (Å²) < 4.78 is 28.6. The molecule has 5 rings (SSSR count). The highest BCUT2D eigenvalue weighted by molar-refractivity contribution is 7.89. The van der Waals surface area contributed by atoms with E-state index in [1.165, 1.54) is 4.41 Å². The van der Waals surface area contributed by atoms with Gasteiger partial charge in [-0.3, -0.25) is 0 Å². The Morgan fingerprint density at radius 3 is 2.33 bits per heavy atom. The Hall–Kier alpha value is -3.22. The molecule has 0 spiro atoms. The average molecular weight is 476 g/mol. The highest BCUT2D eigenvalue weighted by Gasteiger charge is 2.39. The summed E-state index contributed by atoms with van der Waals surface area (Å²) in [5.74, 6) is 0. The standard InChI is InChI=1S/C26H22ClN3O2S/c1-17-9-12-21(13-10-17)33(31,32)30-25(16-24(29-30)19-6-4-3-5-7-19)22-15-20-11-8-18(2)14-23(20)28-26(22)27/h3-15,25H,16H2,1-2H3. The van der Waals surface area contributed by atoms with Gasteiger partial charge in [0.25, 0.3) is 10.0 Å². The van der Waals surface area contributed by atoms with Crippen molar-refractivity contribution in [1.29, 1.82) is 0 Å². The van der Waals surface area contributed by atoms with Gasteiger partial charge in [0.1, 0.15) is 5.15 Å². The minimum Gasteiger partial charge on any atom is -0.236 e. The van der Waals surface area contributed by atoms with Crippen LogP contribution < -0.4 is 0 Å². The number of hydrogen-bond donors (Lipinski definition) is 0. The number of hydrogen-bond acceptors (Lipinski definition) is 4. The summed E-state index contributed by atoms with van der Waals surface area (Å²) in [4.78, 5) is 4.76. The zero-order chi connectivity index (χ0) is 23.2. The van der Waals surface area contributed by atoms with Crippen LogP contribution in [-0.2, 0) is 10.0 Å². The topological polar surface area (TPSA) is 62.6 Å². The smallest absolute Gasteiger partial charge is 0.236 e. The van der Waals surface area contributed by atoms with Gasteiger partial charge in [-0.15, -0.1) is 0 Å². The van der Waals surface area contributed by atoms with Crippen molar-refractivity contribution in [3.63, 3.8) is 0 Å². The molecule has 0 amide bonds. The molecule has 1 atom stereocenters. The van der Waals surface area contributed by atoms with E-state index in [0.717, 1.165) is 27.6 Å². The van der Waals surface area contributed by atoms with Crippen LogP contribution in [0.15, 0.2) is 88.9 Å². The van der Waals surface area contributed by atoms with Gasteiger partial charge in [-0.05, 0) is 49.2 Å². The zero-order valence-electron chi connectivity index (χ0n) is 18.2. The van der Waals surface area contributed by atoms with Crippen molar-refractivity contribution in [2.45, 2.75) is 31.2 Å². The number of aromatic nitrogens is 1. The number of fused-ring (bicyclic) bond motifs is 1. The average Bonchev–Trinajstić information content (AvgIpc) is 3.26. The Morgan fingerprint density at radius 2 is 1.61 bits per heavy atom. The Bertz CT molecular complexity index is 1480. The molecule has 1 unspecified atom stereocenters. The number of nitrogens with zero attached hydrogens (tertiary/aromatic N) is 3. The van der Waals surface area contributed by atoms with Crippen LogP contribution in [0.25, 0.3) is 10.9 Å². The maximum Gasteiger partial charge on any atom is 0.279 e. The summed E-state index contributed by atoms with van der Waals surface area (Å²) in [5, 5.41) is 5.79. The molecule has 7 heteroatoms. The molecule has 3 aromatic carbocycles. The molecule has 1 aliphatic rings. The predicted molar refractivity (Wildman–Crippen MR) is 132 cm³/mol. The lowest BCUT2D eigenvalue weighted by Gasteiger charge is -2.24. The maximum absolute atomic E-state index is 13.7. The number of aryl methyl sites for hydroxylation is 2. The fraction of sp³-hybridized carbons (Fsp3) is 0.154. The third-order valence-electron chi connectivity index (χ3n) is 5.86. The summed E-state index contributed by atoms with van der Waals surface area (Å²) in [6, 6.07) is 23.7. The van der Waals surface area contributed by atoms with Gasteiger partial charge in [0.05, 0.1) is 22.2 Å². The molecule has 33 heavy (non-hydrogen) atoms. The van der Waals surface area contributed by atoms with Gasteiger partial charge >= 0.3 is 0 Å². The molecular formula is C26H22ClN3O2S. The van der Waals surface area contributed by atoms with Crippen molar-refractivity contribution in [3.8, 4) is 0 Å². The van der Waals surface area contributed by atoms with Gasteiger partial charge in [0.15, 0.2) is 0 Å². The van der Waals surface area contributed by atoms with E-state index in [1.54, 1.807) is 24.3 Å². The Balaban J connectivity index is 1.65. The minimum absolute atomic E-state index is 0.191. The van der Waals surface area contributed by atoms with Crippen LogP contribution in [0.3, 0.4) is 0 Å². The molecule has 0 N–H and O–H groups in total. The first-order valence-electron chi connectivity index (χ1n) is 10.6. The van der Waals surface area contributed by atoms with Crippen molar-refractivity contribution >= 4 is 38.2 Å². The molecule has 1 aromatic heterocycles. The molecule has 0 bridgehead atoms. The van der Waals surface area contributed by atoms with E-state index in [2.05, 4.69) is 10.1 Å². The first-order chi connectivity index (χ1) is 15.8. The van der Waals surface area contributed by atoms with Crippen molar-refractivity contribution < 1.29 is 8.42 Å². The predicted octanol–water partition coefficient (Wildman–Crippen LogP) is 6.05. The van der Waals surface area contributed by atoms with Crippen LogP contribution >= 0.6 is 11.6 Å². The van der Waals surface area contributed by atoms with Crippen LogP contribution in [0.5, 0.6) is 0 Å². The molecule has 1 aliphatic heterocycles. The maximum atomic E-state index is 13.7. The monoisotopic (exact) mass is 475 g/mol. The van der Waals surface area contributed by atoms with Crippen LogP contribution in [0.2, 0.25) is 5.15 Å². The number of sulfonamides is 1. The SMILES string of the molecule is Cc1ccc(S(=O)(=O)N2N=C(c3ccccc3)CC2c2cc3ccc(C)cc3nc2Cl)cc1. The number of rotatable bonds is 4. The quantitative estimate of drug-likeness (QED) is 0.338. The third-order valence-corrected chi connectivity index (χ3v) is 7.86. The van der Waals surface area contributed by atoms with Gasteiger partial charge in [-0.2, -0.15) is 17.9 Å². The second kappa shape index (κ2) is 8.28. The summed E-state index contributed by atoms with van der Waals surface area (Å²) in [5.41, 5.74) is 5.05. The molecule has 0 saturated carbocycles. The van der Waals surface area contributed by atoms with Crippen molar-refractivity contribution in [1.82, 2.24) is 9.40 Å². The lowest BCUT2D eigenvalue weighted by atomic mass is 9.99. The largest absolute Gasteiger partial charge is 0.279 e. The molecule has 2 heterocycles. The number of halogens is 1. The van der Waals surface area contributed by atoms with Gasteiger partial charge in [-0.25, -0.2) is 4.98 Å².